The highest BCUT2D eigenvalue weighted by molar-refractivity contribution is 5.90. The predicted molar refractivity (Wildman–Crippen MR) is 86.1 cm³/mol. The first kappa shape index (κ1) is 14.3. The minimum atomic E-state index is -0.292. The van der Waals surface area contributed by atoms with E-state index in [2.05, 4.69) is 10.1 Å². The van der Waals surface area contributed by atoms with Gasteiger partial charge in [-0.3, -0.25) is 4.79 Å². The third-order valence-corrected chi connectivity index (χ3v) is 3.76. The van der Waals surface area contributed by atoms with Crippen LogP contribution in [0.4, 0.5) is 4.39 Å². The highest BCUT2D eigenvalue weighted by Crippen LogP contribution is 2.28. The van der Waals surface area contributed by atoms with Gasteiger partial charge in [0.2, 0.25) is 0 Å². The second-order valence-electron chi connectivity index (χ2n) is 5.29. The lowest BCUT2D eigenvalue weighted by Crippen LogP contribution is -2.04. The summed E-state index contributed by atoms with van der Waals surface area (Å²) >= 11 is 0. The molecule has 0 unspecified atom stereocenters. The maximum absolute atomic E-state index is 13.9. The fraction of sp³-hybridized carbons (Fsp3) is 0.0556. The molecule has 4 rings (SSSR count). The van der Waals surface area contributed by atoms with Gasteiger partial charge in [0.25, 0.3) is 0 Å². The quantitative estimate of drug-likeness (QED) is 0.538. The molecule has 3 aromatic heterocycles. The summed E-state index contributed by atoms with van der Waals surface area (Å²) in [7, 11) is 0. The molecule has 5 nitrogen and oxygen atoms in total. The van der Waals surface area contributed by atoms with Crippen LogP contribution in [0, 0.1) is 5.82 Å². The van der Waals surface area contributed by atoms with Gasteiger partial charge in [0.1, 0.15) is 11.5 Å². The Morgan fingerprint density at radius 3 is 2.79 bits per heavy atom. The van der Waals surface area contributed by atoms with E-state index in [4.69, 9.17) is 4.42 Å². The van der Waals surface area contributed by atoms with Crippen LogP contribution in [0.3, 0.4) is 0 Å². The SMILES string of the molecule is O=Cc1ccc(-c2nn(Cc3ccccc3F)c3ncccc23)o1. The molecule has 0 saturated heterocycles. The summed E-state index contributed by atoms with van der Waals surface area (Å²) in [6, 6.07) is 13.5. The number of carbonyl (C=O) groups is 1. The average Bonchev–Trinajstić information content (AvgIpc) is 3.22. The van der Waals surface area contributed by atoms with Gasteiger partial charge in [0.05, 0.1) is 11.9 Å². The molecule has 0 fully saturated rings. The number of rotatable bonds is 4. The van der Waals surface area contributed by atoms with Crippen molar-refractivity contribution < 1.29 is 13.6 Å². The highest BCUT2D eigenvalue weighted by Gasteiger charge is 2.17. The number of fused-ring (bicyclic) bond motifs is 1. The summed E-state index contributed by atoms with van der Waals surface area (Å²) in [5.41, 5.74) is 1.72. The summed E-state index contributed by atoms with van der Waals surface area (Å²) < 4.78 is 21.0. The van der Waals surface area contributed by atoms with Crippen molar-refractivity contribution in [1.82, 2.24) is 14.8 Å². The molecule has 0 atom stereocenters. The average molecular weight is 321 g/mol. The molecule has 0 saturated carbocycles. The fourth-order valence-electron chi connectivity index (χ4n) is 2.63. The first-order valence-electron chi connectivity index (χ1n) is 7.36. The molecule has 0 spiro atoms. The van der Waals surface area contributed by atoms with Gasteiger partial charge in [-0.1, -0.05) is 18.2 Å². The topological polar surface area (TPSA) is 60.9 Å². The van der Waals surface area contributed by atoms with Crippen molar-refractivity contribution in [2.24, 2.45) is 0 Å². The lowest BCUT2D eigenvalue weighted by atomic mass is 10.2. The second kappa shape index (κ2) is 5.73. The Balaban J connectivity index is 1.85. The van der Waals surface area contributed by atoms with E-state index in [1.807, 2.05) is 6.07 Å². The van der Waals surface area contributed by atoms with Gasteiger partial charge >= 0.3 is 0 Å². The molecule has 3 heterocycles. The van der Waals surface area contributed by atoms with Crippen molar-refractivity contribution >= 4 is 17.3 Å². The molecule has 4 aromatic rings. The Hall–Kier alpha value is -3.28. The van der Waals surface area contributed by atoms with E-state index < -0.39 is 0 Å². The number of aromatic nitrogens is 3. The van der Waals surface area contributed by atoms with Gasteiger partial charge in [0.15, 0.2) is 23.5 Å². The van der Waals surface area contributed by atoms with Crippen molar-refractivity contribution in [3.8, 4) is 11.5 Å². The van der Waals surface area contributed by atoms with Crippen LogP contribution in [-0.4, -0.2) is 21.1 Å². The minimum absolute atomic E-state index is 0.227. The number of carbonyl (C=O) groups excluding carboxylic acids is 1. The van der Waals surface area contributed by atoms with Crippen LogP contribution >= 0.6 is 0 Å². The predicted octanol–water partition coefficient (Wildman–Crippen LogP) is 3.69. The molecule has 118 valence electrons. The molecule has 0 radical (unpaired) electrons. The van der Waals surface area contributed by atoms with Gasteiger partial charge in [-0.25, -0.2) is 14.1 Å². The van der Waals surface area contributed by atoms with Crippen LogP contribution in [0.25, 0.3) is 22.5 Å². The van der Waals surface area contributed by atoms with E-state index in [1.165, 1.54) is 6.07 Å². The summed E-state index contributed by atoms with van der Waals surface area (Å²) in [5.74, 6) is 0.410. The fourth-order valence-corrected chi connectivity index (χ4v) is 2.63. The van der Waals surface area contributed by atoms with Crippen LogP contribution in [0.2, 0.25) is 0 Å². The van der Waals surface area contributed by atoms with Gasteiger partial charge in [-0.15, -0.1) is 0 Å². The molecule has 0 amide bonds. The molecule has 0 bridgehead atoms. The van der Waals surface area contributed by atoms with Crippen molar-refractivity contribution in [3.63, 3.8) is 0 Å². The number of pyridine rings is 1. The Morgan fingerprint density at radius 2 is 2.00 bits per heavy atom. The first-order valence-corrected chi connectivity index (χ1v) is 7.36. The largest absolute Gasteiger partial charge is 0.452 e. The first-order chi connectivity index (χ1) is 11.8. The van der Waals surface area contributed by atoms with Gasteiger partial charge in [0, 0.05) is 11.8 Å². The standard InChI is InChI=1S/C18H12FN3O2/c19-15-6-2-1-4-12(15)10-22-18-14(5-3-9-20-18)17(21-22)16-8-7-13(11-23)24-16/h1-9,11H,10H2. The maximum Gasteiger partial charge on any atom is 0.185 e. The van der Waals surface area contributed by atoms with E-state index in [1.54, 1.807) is 47.3 Å². The zero-order chi connectivity index (χ0) is 16.5. The van der Waals surface area contributed by atoms with Crippen LogP contribution in [0.5, 0.6) is 0 Å². The number of hydrogen-bond donors (Lipinski definition) is 0. The second-order valence-corrected chi connectivity index (χ2v) is 5.29. The summed E-state index contributed by atoms with van der Waals surface area (Å²) in [6.45, 7) is 0.251. The maximum atomic E-state index is 13.9. The van der Waals surface area contributed by atoms with Crippen molar-refractivity contribution in [2.45, 2.75) is 6.54 Å². The highest BCUT2D eigenvalue weighted by atomic mass is 19.1. The van der Waals surface area contributed by atoms with E-state index in [9.17, 15) is 9.18 Å². The summed E-state index contributed by atoms with van der Waals surface area (Å²) in [6.07, 6.45) is 2.30. The number of halogens is 1. The zero-order valence-corrected chi connectivity index (χ0v) is 12.5. The van der Waals surface area contributed by atoms with Gasteiger partial charge in [-0.2, -0.15) is 5.10 Å². The molecular weight excluding hydrogens is 309 g/mol. The number of aldehydes is 1. The molecule has 24 heavy (non-hydrogen) atoms. The molecule has 0 aliphatic rings. The molecule has 0 aliphatic carbocycles. The summed E-state index contributed by atoms with van der Waals surface area (Å²) in [4.78, 5) is 15.2. The molecule has 1 aromatic carbocycles. The van der Waals surface area contributed by atoms with E-state index in [0.717, 1.165) is 5.39 Å². The third-order valence-electron chi connectivity index (χ3n) is 3.76. The molecule has 6 heteroatoms. The van der Waals surface area contributed by atoms with Crippen LogP contribution in [-0.2, 0) is 6.54 Å². The number of furan rings is 1. The minimum Gasteiger partial charge on any atom is -0.452 e. The van der Waals surface area contributed by atoms with E-state index >= 15 is 0 Å². The van der Waals surface area contributed by atoms with Crippen LogP contribution < -0.4 is 0 Å². The number of hydrogen-bond acceptors (Lipinski definition) is 4. The summed E-state index contributed by atoms with van der Waals surface area (Å²) in [5, 5.41) is 5.30. The molecule has 0 aliphatic heterocycles. The smallest absolute Gasteiger partial charge is 0.185 e. The number of nitrogens with zero attached hydrogens (tertiary/aromatic N) is 3. The third kappa shape index (κ3) is 2.38. The molecular formula is C18H12FN3O2. The van der Waals surface area contributed by atoms with E-state index in [0.29, 0.717) is 29.0 Å². The van der Waals surface area contributed by atoms with Gasteiger partial charge < -0.3 is 4.42 Å². The Labute approximate surface area is 136 Å². The lowest BCUT2D eigenvalue weighted by molar-refractivity contribution is 0.110. The van der Waals surface area contributed by atoms with Crippen molar-refractivity contribution in [1.29, 1.82) is 0 Å². The van der Waals surface area contributed by atoms with E-state index in [-0.39, 0.29) is 18.1 Å². The Kier molecular flexibility index (Phi) is 3.42. The monoisotopic (exact) mass is 321 g/mol. The lowest BCUT2D eigenvalue weighted by Gasteiger charge is -2.04. The van der Waals surface area contributed by atoms with Crippen molar-refractivity contribution in [2.75, 3.05) is 0 Å². The number of benzene rings is 1. The van der Waals surface area contributed by atoms with Gasteiger partial charge in [-0.05, 0) is 30.3 Å². The van der Waals surface area contributed by atoms with Crippen molar-refractivity contribution in [3.05, 3.63) is 71.9 Å². The van der Waals surface area contributed by atoms with Crippen LogP contribution in [0.1, 0.15) is 16.1 Å². The Morgan fingerprint density at radius 1 is 1.12 bits per heavy atom. The normalized spacial score (nSPS) is 11.0. The zero-order valence-electron chi connectivity index (χ0n) is 12.5. The van der Waals surface area contributed by atoms with Crippen LogP contribution in [0.15, 0.2) is 59.1 Å². The Bertz CT molecular complexity index is 1040. The molecule has 0 N–H and O–H groups in total.